The smallest absolute Gasteiger partial charge is 0.203 e. The Bertz CT molecular complexity index is 966. The Morgan fingerprint density at radius 1 is 0.929 bits per heavy atom. The number of ketones is 1. The Kier molecular flexibility index (Phi) is 5.90. The standard InChI is InChI=1S/C22H26N2O4/c1-23(2)10-11-24-9-8-15-12-16(6-7-18(15)24)21(25)17-13-19(26-3)22(28-5)20(14-17)27-4/h6-9,12-14H,10-11H2,1-5H3. The first-order valence-electron chi connectivity index (χ1n) is 9.06. The average molecular weight is 382 g/mol. The molecule has 0 spiro atoms. The van der Waals surface area contributed by atoms with E-state index in [4.69, 9.17) is 14.2 Å². The molecular formula is C22H26N2O4. The summed E-state index contributed by atoms with van der Waals surface area (Å²) in [6.45, 7) is 1.85. The van der Waals surface area contributed by atoms with E-state index in [0.717, 1.165) is 24.0 Å². The maximum Gasteiger partial charge on any atom is 0.203 e. The SMILES string of the molecule is COc1cc(C(=O)c2ccc3c(ccn3CCN(C)C)c2)cc(OC)c1OC. The number of carbonyl (C=O) groups is 1. The zero-order valence-electron chi connectivity index (χ0n) is 17.0. The van der Waals surface area contributed by atoms with Gasteiger partial charge in [0.1, 0.15) is 0 Å². The molecule has 3 aromatic rings. The van der Waals surface area contributed by atoms with Crippen LogP contribution in [-0.4, -0.2) is 57.2 Å². The summed E-state index contributed by atoms with van der Waals surface area (Å²) in [5, 5.41) is 1.04. The minimum atomic E-state index is -0.0952. The fourth-order valence-corrected chi connectivity index (χ4v) is 3.22. The lowest BCUT2D eigenvalue weighted by atomic mass is 10.0. The minimum absolute atomic E-state index is 0.0952. The minimum Gasteiger partial charge on any atom is -0.493 e. The summed E-state index contributed by atoms with van der Waals surface area (Å²) in [4.78, 5) is 15.2. The molecule has 0 radical (unpaired) electrons. The monoisotopic (exact) mass is 382 g/mol. The molecule has 0 amide bonds. The molecule has 0 aliphatic rings. The molecule has 0 N–H and O–H groups in total. The van der Waals surface area contributed by atoms with E-state index in [1.54, 1.807) is 12.1 Å². The van der Waals surface area contributed by atoms with Crippen molar-refractivity contribution in [1.29, 1.82) is 0 Å². The lowest BCUT2D eigenvalue weighted by Crippen LogP contribution is -2.17. The number of fused-ring (bicyclic) bond motifs is 1. The van der Waals surface area contributed by atoms with Crippen molar-refractivity contribution < 1.29 is 19.0 Å². The summed E-state index contributed by atoms with van der Waals surface area (Å²) in [6.07, 6.45) is 2.06. The van der Waals surface area contributed by atoms with Crippen LogP contribution in [0.4, 0.5) is 0 Å². The van der Waals surface area contributed by atoms with Crippen LogP contribution >= 0.6 is 0 Å². The maximum absolute atomic E-state index is 13.1. The van der Waals surface area contributed by atoms with Crippen LogP contribution in [0.2, 0.25) is 0 Å². The summed E-state index contributed by atoms with van der Waals surface area (Å²) in [6, 6.07) is 11.2. The van der Waals surface area contributed by atoms with Crippen molar-refractivity contribution in [2.24, 2.45) is 0 Å². The second-order valence-electron chi connectivity index (χ2n) is 6.83. The van der Waals surface area contributed by atoms with Crippen LogP contribution in [0.15, 0.2) is 42.6 Å². The first kappa shape index (κ1) is 19.8. The number of rotatable bonds is 8. The van der Waals surface area contributed by atoms with E-state index < -0.39 is 0 Å². The lowest BCUT2D eigenvalue weighted by molar-refractivity contribution is 0.103. The van der Waals surface area contributed by atoms with Crippen molar-refractivity contribution in [3.05, 3.63) is 53.7 Å². The van der Waals surface area contributed by atoms with Gasteiger partial charge in [0.05, 0.1) is 21.3 Å². The Hall–Kier alpha value is -2.99. The van der Waals surface area contributed by atoms with Crippen LogP contribution in [0.3, 0.4) is 0 Å². The molecule has 0 bridgehead atoms. The van der Waals surface area contributed by atoms with Crippen LogP contribution in [0.5, 0.6) is 17.2 Å². The Morgan fingerprint density at radius 3 is 2.18 bits per heavy atom. The molecule has 0 saturated heterocycles. The maximum atomic E-state index is 13.1. The number of hydrogen-bond donors (Lipinski definition) is 0. The van der Waals surface area contributed by atoms with Crippen molar-refractivity contribution >= 4 is 16.7 Å². The van der Waals surface area contributed by atoms with Gasteiger partial charge in [0.15, 0.2) is 17.3 Å². The predicted molar refractivity (Wildman–Crippen MR) is 110 cm³/mol. The van der Waals surface area contributed by atoms with Gasteiger partial charge in [0, 0.05) is 41.3 Å². The Balaban J connectivity index is 1.95. The van der Waals surface area contributed by atoms with Crippen LogP contribution in [0.1, 0.15) is 15.9 Å². The van der Waals surface area contributed by atoms with Gasteiger partial charge in [-0.05, 0) is 50.5 Å². The van der Waals surface area contributed by atoms with Crippen LogP contribution < -0.4 is 14.2 Å². The number of likely N-dealkylation sites (N-methyl/N-ethyl adjacent to an activating group) is 1. The Morgan fingerprint density at radius 2 is 1.61 bits per heavy atom. The number of carbonyl (C=O) groups excluding carboxylic acids is 1. The van der Waals surface area contributed by atoms with E-state index in [2.05, 4.69) is 29.8 Å². The second-order valence-corrected chi connectivity index (χ2v) is 6.83. The molecular weight excluding hydrogens is 356 g/mol. The summed E-state index contributed by atoms with van der Waals surface area (Å²) >= 11 is 0. The van der Waals surface area contributed by atoms with Crippen molar-refractivity contribution in [2.75, 3.05) is 42.0 Å². The molecule has 148 valence electrons. The topological polar surface area (TPSA) is 52.9 Å². The predicted octanol–water partition coefficient (Wildman–Crippen LogP) is 3.46. The molecule has 0 saturated carbocycles. The van der Waals surface area contributed by atoms with Gasteiger partial charge >= 0.3 is 0 Å². The van der Waals surface area contributed by atoms with Crippen molar-refractivity contribution in [3.63, 3.8) is 0 Å². The molecule has 1 heterocycles. The van der Waals surface area contributed by atoms with Crippen molar-refractivity contribution in [1.82, 2.24) is 9.47 Å². The van der Waals surface area contributed by atoms with Gasteiger partial charge in [0.2, 0.25) is 5.75 Å². The highest BCUT2D eigenvalue weighted by Gasteiger charge is 2.18. The van der Waals surface area contributed by atoms with Crippen LogP contribution in [0, 0.1) is 0 Å². The summed E-state index contributed by atoms with van der Waals surface area (Å²) in [5.74, 6) is 1.29. The zero-order valence-corrected chi connectivity index (χ0v) is 17.0. The van der Waals surface area contributed by atoms with Gasteiger partial charge in [-0.1, -0.05) is 0 Å². The van der Waals surface area contributed by atoms with Gasteiger partial charge in [-0.3, -0.25) is 4.79 Å². The second kappa shape index (κ2) is 8.35. The highest BCUT2D eigenvalue weighted by molar-refractivity contribution is 6.11. The molecule has 3 rings (SSSR count). The first-order chi connectivity index (χ1) is 13.5. The number of hydrogen-bond acceptors (Lipinski definition) is 5. The van der Waals surface area contributed by atoms with E-state index in [0.29, 0.717) is 28.4 Å². The number of ether oxygens (including phenoxy) is 3. The molecule has 28 heavy (non-hydrogen) atoms. The number of aromatic nitrogens is 1. The zero-order chi connectivity index (χ0) is 20.3. The highest BCUT2D eigenvalue weighted by atomic mass is 16.5. The third kappa shape index (κ3) is 3.82. The summed E-state index contributed by atoms with van der Waals surface area (Å²) < 4.78 is 18.3. The molecule has 0 aliphatic heterocycles. The highest BCUT2D eigenvalue weighted by Crippen LogP contribution is 2.38. The average Bonchev–Trinajstić information content (AvgIpc) is 3.12. The van der Waals surface area contributed by atoms with Gasteiger partial charge in [-0.15, -0.1) is 0 Å². The Labute approximate surface area is 165 Å². The molecule has 6 nitrogen and oxygen atoms in total. The fraction of sp³-hybridized carbons (Fsp3) is 0.318. The third-order valence-corrected chi connectivity index (χ3v) is 4.75. The molecule has 0 atom stereocenters. The number of benzene rings is 2. The van der Waals surface area contributed by atoms with E-state index in [1.165, 1.54) is 21.3 Å². The van der Waals surface area contributed by atoms with Crippen LogP contribution in [-0.2, 0) is 6.54 Å². The van der Waals surface area contributed by atoms with Crippen molar-refractivity contribution in [3.8, 4) is 17.2 Å². The quantitative estimate of drug-likeness (QED) is 0.559. The molecule has 1 aromatic heterocycles. The molecule has 0 unspecified atom stereocenters. The van der Waals surface area contributed by atoms with Gasteiger partial charge in [-0.25, -0.2) is 0 Å². The van der Waals surface area contributed by atoms with Gasteiger partial charge in [0.25, 0.3) is 0 Å². The fourth-order valence-electron chi connectivity index (χ4n) is 3.22. The van der Waals surface area contributed by atoms with E-state index in [9.17, 15) is 4.79 Å². The van der Waals surface area contributed by atoms with E-state index in [1.807, 2.05) is 24.3 Å². The lowest BCUT2D eigenvalue weighted by Gasteiger charge is -2.14. The van der Waals surface area contributed by atoms with E-state index >= 15 is 0 Å². The normalized spacial score (nSPS) is 11.1. The first-order valence-corrected chi connectivity index (χ1v) is 9.06. The third-order valence-electron chi connectivity index (χ3n) is 4.75. The summed E-state index contributed by atoms with van der Waals surface area (Å²) in [7, 11) is 8.72. The van der Waals surface area contributed by atoms with Gasteiger partial charge in [-0.2, -0.15) is 0 Å². The van der Waals surface area contributed by atoms with Crippen LogP contribution in [0.25, 0.3) is 10.9 Å². The molecule has 2 aromatic carbocycles. The van der Waals surface area contributed by atoms with Gasteiger partial charge < -0.3 is 23.7 Å². The number of methoxy groups -OCH3 is 3. The summed E-state index contributed by atoms with van der Waals surface area (Å²) in [5.41, 5.74) is 2.22. The largest absolute Gasteiger partial charge is 0.493 e. The number of nitrogens with zero attached hydrogens (tertiary/aromatic N) is 2. The van der Waals surface area contributed by atoms with Crippen molar-refractivity contribution in [2.45, 2.75) is 6.54 Å². The molecule has 0 aliphatic carbocycles. The molecule has 6 heteroatoms. The molecule has 0 fully saturated rings. The van der Waals surface area contributed by atoms with E-state index in [-0.39, 0.29) is 5.78 Å².